The van der Waals surface area contributed by atoms with Gasteiger partial charge < -0.3 is 9.73 Å². The topological polar surface area (TPSA) is 38.1 Å². The van der Waals surface area contributed by atoms with Gasteiger partial charge in [0.25, 0.3) is 0 Å². The fourth-order valence-corrected chi connectivity index (χ4v) is 1.74. The van der Waals surface area contributed by atoms with Gasteiger partial charge in [-0.2, -0.15) is 0 Å². The Labute approximate surface area is 103 Å². The van der Waals surface area contributed by atoms with Crippen molar-refractivity contribution in [3.05, 3.63) is 46.0 Å². The van der Waals surface area contributed by atoms with Crippen molar-refractivity contribution in [1.29, 1.82) is 0 Å². The van der Waals surface area contributed by atoms with Crippen molar-refractivity contribution >= 4 is 29.0 Å². The van der Waals surface area contributed by atoms with Crippen LogP contribution in [0.4, 0.5) is 5.82 Å². The third-order valence-corrected chi connectivity index (χ3v) is 2.53. The van der Waals surface area contributed by atoms with E-state index >= 15 is 0 Å². The molecule has 2 aromatic rings. The lowest BCUT2D eigenvalue weighted by Crippen LogP contribution is -2.00. The van der Waals surface area contributed by atoms with Crippen LogP contribution in [0.1, 0.15) is 11.5 Å². The maximum Gasteiger partial charge on any atom is 0.145 e. The Morgan fingerprint density at radius 3 is 2.81 bits per heavy atom. The maximum atomic E-state index is 5.96. The lowest BCUT2D eigenvalue weighted by molar-refractivity contribution is 0.490. The third-order valence-electron chi connectivity index (χ3n) is 2.03. The van der Waals surface area contributed by atoms with Crippen molar-refractivity contribution < 1.29 is 4.42 Å². The second-order valence-electron chi connectivity index (χ2n) is 3.35. The predicted octanol–water partition coefficient (Wildman–Crippen LogP) is 3.90. The van der Waals surface area contributed by atoms with Crippen LogP contribution in [0.5, 0.6) is 0 Å². The predicted molar refractivity (Wildman–Crippen MR) is 65.0 cm³/mol. The summed E-state index contributed by atoms with van der Waals surface area (Å²) < 4.78 is 5.41. The molecule has 5 heteroatoms. The van der Waals surface area contributed by atoms with Crippen LogP contribution in [0, 0.1) is 6.92 Å². The van der Waals surface area contributed by atoms with Crippen LogP contribution >= 0.6 is 23.2 Å². The van der Waals surface area contributed by atoms with Crippen molar-refractivity contribution in [2.75, 3.05) is 5.32 Å². The van der Waals surface area contributed by atoms with Crippen LogP contribution in [-0.4, -0.2) is 4.98 Å². The Morgan fingerprint density at radius 2 is 2.19 bits per heavy atom. The molecule has 0 amide bonds. The van der Waals surface area contributed by atoms with Gasteiger partial charge in [-0.15, -0.1) is 0 Å². The SMILES string of the molecule is Cc1ccc(CNc2ncc(Cl)cc2Cl)o1. The highest BCUT2D eigenvalue weighted by molar-refractivity contribution is 6.35. The molecule has 0 aliphatic rings. The van der Waals surface area contributed by atoms with Crippen LogP contribution < -0.4 is 5.32 Å². The molecular formula is C11H10Cl2N2O. The third kappa shape index (κ3) is 2.68. The molecule has 0 aliphatic carbocycles. The highest BCUT2D eigenvalue weighted by atomic mass is 35.5. The van der Waals surface area contributed by atoms with Crippen LogP contribution in [0.25, 0.3) is 0 Å². The molecule has 1 N–H and O–H groups in total. The van der Waals surface area contributed by atoms with E-state index < -0.39 is 0 Å². The van der Waals surface area contributed by atoms with Crippen LogP contribution in [-0.2, 0) is 6.54 Å². The molecule has 0 fully saturated rings. The maximum absolute atomic E-state index is 5.96. The van der Waals surface area contributed by atoms with Crippen molar-refractivity contribution in [3.63, 3.8) is 0 Å². The first kappa shape index (κ1) is 11.3. The van der Waals surface area contributed by atoms with Gasteiger partial charge in [0, 0.05) is 6.20 Å². The van der Waals surface area contributed by atoms with Crippen molar-refractivity contribution in [1.82, 2.24) is 4.98 Å². The van der Waals surface area contributed by atoms with E-state index in [1.165, 1.54) is 0 Å². The molecule has 0 unspecified atom stereocenters. The van der Waals surface area contributed by atoms with Gasteiger partial charge in [0.15, 0.2) is 0 Å². The van der Waals surface area contributed by atoms with E-state index in [1.807, 2.05) is 19.1 Å². The quantitative estimate of drug-likeness (QED) is 0.906. The summed E-state index contributed by atoms with van der Waals surface area (Å²) in [5.74, 6) is 2.32. The number of aromatic nitrogens is 1. The Kier molecular flexibility index (Phi) is 3.36. The molecule has 84 valence electrons. The number of nitrogens with zero attached hydrogens (tertiary/aromatic N) is 1. The van der Waals surface area contributed by atoms with E-state index in [0.29, 0.717) is 22.4 Å². The van der Waals surface area contributed by atoms with E-state index in [9.17, 15) is 0 Å². The van der Waals surface area contributed by atoms with Crippen molar-refractivity contribution in [3.8, 4) is 0 Å². The highest BCUT2D eigenvalue weighted by Crippen LogP contribution is 2.23. The molecule has 0 saturated carbocycles. The lowest BCUT2D eigenvalue weighted by atomic mass is 10.4. The summed E-state index contributed by atoms with van der Waals surface area (Å²) in [7, 11) is 0. The van der Waals surface area contributed by atoms with Crippen molar-refractivity contribution in [2.45, 2.75) is 13.5 Å². The van der Waals surface area contributed by atoms with E-state index in [0.717, 1.165) is 11.5 Å². The fraction of sp³-hybridized carbons (Fsp3) is 0.182. The van der Waals surface area contributed by atoms with E-state index in [-0.39, 0.29) is 0 Å². The van der Waals surface area contributed by atoms with Gasteiger partial charge in [0.05, 0.1) is 16.6 Å². The van der Waals surface area contributed by atoms with Crippen molar-refractivity contribution in [2.24, 2.45) is 0 Å². The summed E-state index contributed by atoms with van der Waals surface area (Å²) in [5.41, 5.74) is 0. The molecule has 16 heavy (non-hydrogen) atoms. The number of hydrogen-bond acceptors (Lipinski definition) is 3. The Hall–Kier alpha value is -1.19. The first-order chi connectivity index (χ1) is 7.65. The fourth-order valence-electron chi connectivity index (χ4n) is 1.30. The monoisotopic (exact) mass is 256 g/mol. The minimum absolute atomic E-state index is 0.496. The first-order valence-electron chi connectivity index (χ1n) is 4.75. The van der Waals surface area contributed by atoms with Gasteiger partial charge in [-0.3, -0.25) is 0 Å². The van der Waals surface area contributed by atoms with Gasteiger partial charge in [-0.1, -0.05) is 23.2 Å². The number of furan rings is 1. The van der Waals surface area contributed by atoms with Gasteiger partial charge >= 0.3 is 0 Å². The van der Waals surface area contributed by atoms with E-state index in [4.69, 9.17) is 27.6 Å². The van der Waals surface area contributed by atoms with E-state index in [2.05, 4.69) is 10.3 Å². The zero-order valence-electron chi connectivity index (χ0n) is 8.63. The zero-order valence-corrected chi connectivity index (χ0v) is 10.1. The number of pyridine rings is 1. The van der Waals surface area contributed by atoms with Gasteiger partial charge in [-0.25, -0.2) is 4.98 Å². The largest absolute Gasteiger partial charge is 0.465 e. The van der Waals surface area contributed by atoms with Gasteiger partial charge in [0.2, 0.25) is 0 Å². The molecule has 0 aliphatic heterocycles. The second kappa shape index (κ2) is 4.76. The molecule has 0 aromatic carbocycles. The highest BCUT2D eigenvalue weighted by Gasteiger charge is 2.04. The summed E-state index contributed by atoms with van der Waals surface area (Å²) in [5, 5.41) is 4.09. The minimum Gasteiger partial charge on any atom is -0.465 e. The molecule has 0 radical (unpaired) electrons. The smallest absolute Gasteiger partial charge is 0.145 e. The van der Waals surface area contributed by atoms with Crippen LogP contribution in [0.3, 0.4) is 0 Å². The van der Waals surface area contributed by atoms with Crippen LogP contribution in [0.15, 0.2) is 28.8 Å². The Balaban J connectivity index is 2.04. The standard InChI is InChI=1S/C11H10Cl2N2O/c1-7-2-3-9(16-7)6-15-11-10(13)4-8(12)5-14-11/h2-5H,6H2,1H3,(H,14,15). The summed E-state index contributed by atoms with van der Waals surface area (Å²) >= 11 is 11.7. The average molecular weight is 257 g/mol. The number of rotatable bonds is 3. The van der Waals surface area contributed by atoms with Gasteiger partial charge in [0.1, 0.15) is 17.3 Å². The number of aryl methyl sites for hydroxylation is 1. The minimum atomic E-state index is 0.496. The molecule has 2 heterocycles. The lowest BCUT2D eigenvalue weighted by Gasteiger charge is -2.05. The molecule has 2 rings (SSSR count). The van der Waals surface area contributed by atoms with Crippen LogP contribution in [0.2, 0.25) is 10.0 Å². The molecule has 0 spiro atoms. The number of nitrogens with one attached hydrogen (secondary N) is 1. The summed E-state index contributed by atoms with van der Waals surface area (Å²) in [4.78, 5) is 4.08. The molecule has 3 nitrogen and oxygen atoms in total. The van der Waals surface area contributed by atoms with E-state index in [1.54, 1.807) is 12.3 Å². The Bertz CT molecular complexity index is 496. The number of hydrogen-bond donors (Lipinski definition) is 1. The second-order valence-corrected chi connectivity index (χ2v) is 4.19. The molecule has 0 atom stereocenters. The zero-order chi connectivity index (χ0) is 11.5. The van der Waals surface area contributed by atoms with Gasteiger partial charge in [-0.05, 0) is 25.1 Å². The molecule has 2 aromatic heterocycles. The summed E-state index contributed by atoms with van der Waals surface area (Å²) in [6.45, 7) is 2.44. The normalized spacial score (nSPS) is 10.4. The first-order valence-corrected chi connectivity index (χ1v) is 5.51. The number of halogens is 2. The number of anilines is 1. The molecular weight excluding hydrogens is 247 g/mol. The molecule has 0 saturated heterocycles. The summed E-state index contributed by atoms with van der Waals surface area (Å²) in [6.07, 6.45) is 1.54. The summed E-state index contributed by atoms with van der Waals surface area (Å²) in [6, 6.07) is 5.46. The molecule has 0 bridgehead atoms. The average Bonchev–Trinajstić information content (AvgIpc) is 2.63. The Morgan fingerprint density at radius 1 is 1.38 bits per heavy atom.